The standard InChI is InChI=1S/C15H11N3O/c1-10-15(11(2)19)7-14(9-17)18(10)13-5-3-12(8-16)4-6-13/h3-7H,1-2H3. The van der Waals surface area contributed by atoms with Crippen LogP contribution in [-0.2, 0) is 0 Å². The number of ketones is 1. The highest BCUT2D eigenvalue weighted by Crippen LogP contribution is 2.21. The van der Waals surface area contributed by atoms with Crippen LogP contribution in [0.15, 0.2) is 30.3 Å². The van der Waals surface area contributed by atoms with Gasteiger partial charge in [0.05, 0.1) is 11.6 Å². The summed E-state index contributed by atoms with van der Waals surface area (Å²) in [6, 6.07) is 12.6. The van der Waals surface area contributed by atoms with Gasteiger partial charge in [-0.05, 0) is 44.2 Å². The lowest BCUT2D eigenvalue weighted by Crippen LogP contribution is -2.01. The van der Waals surface area contributed by atoms with Crippen molar-refractivity contribution in [3.63, 3.8) is 0 Å². The molecule has 0 saturated heterocycles. The van der Waals surface area contributed by atoms with Gasteiger partial charge in [0.15, 0.2) is 5.78 Å². The molecular formula is C15H11N3O. The van der Waals surface area contributed by atoms with E-state index < -0.39 is 0 Å². The summed E-state index contributed by atoms with van der Waals surface area (Å²) < 4.78 is 1.72. The molecular weight excluding hydrogens is 238 g/mol. The molecule has 0 spiro atoms. The van der Waals surface area contributed by atoms with Gasteiger partial charge in [0.1, 0.15) is 11.8 Å². The Hall–Kier alpha value is -2.85. The second-order valence-corrected chi connectivity index (χ2v) is 4.19. The van der Waals surface area contributed by atoms with E-state index in [9.17, 15) is 4.79 Å². The minimum atomic E-state index is -0.0682. The first-order valence-electron chi connectivity index (χ1n) is 5.72. The van der Waals surface area contributed by atoms with Crippen molar-refractivity contribution in [2.45, 2.75) is 13.8 Å². The van der Waals surface area contributed by atoms with Crippen LogP contribution >= 0.6 is 0 Å². The number of hydrogen-bond acceptors (Lipinski definition) is 3. The summed E-state index contributed by atoms with van der Waals surface area (Å²) in [5, 5.41) is 17.9. The van der Waals surface area contributed by atoms with E-state index in [1.54, 1.807) is 41.8 Å². The Labute approximate surface area is 111 Å². The van der Waals surface area contributed by atoms with Crippen LogP contribution in [0.1, 0.15) is 34.2 Å². The normalized spacial score (nSPS) is 9.68. The molecule has 0 unspecified atom stereocenters. The Morgan fingerprint density at radius 3 is 2.26 bits per heavy atom. The molecule has 2 rings (SSSR count). The first-order valence-corrected chi connectivity index (χ1v) is 5.72. The maximum Gasteiger partial charge on any atom is 0.161 e. The van der Waals surface area contributed by atoms with Crippen LogP contribution in [0.2, 0.25) is 0 Å². The molecule has 0 radical (unpaired) electrons. The van der Waals surface area contributed by atoms with Gasteiger partial charge in [-0.1, -0.05) is 0 Å². The summed E-state index contributed by atoms with van der Waals surface area (Å²) in [6.45, 7) is 3.28. The average molecular weight is 249 g/mol. The number of Topliss-reactive ketones (excluding diaryl/α,β-unsaturated/α-hetero) is 1. The number of nitrogens with zero attached hydrogens (tertiary/aromatic N) is 3. The third-order valence-corrected chi connectivity index (χ3v) is 3.00. The summed E-state index contributed by atoms with van der Waals surface area (Å²) >= 11 is 0. The van der Waals surface area contributed by atoms with Gasteiger partial charge in [-0.15, -0.1) is 0 Å². The molecule has 19 heavy (non-hydrogen) atoms. The molecule has 0 aliphatic heterocycles. The van der Waals surface area contributed by atoms with E-state index in [-0.39, 0.29) is 5.78 Å². The van der Waals surface area contributed by atoms with Crippen LogP contribution in [0.25, 0.3) is 5.69 Å². The van der Waals surface area contributed by atoms with Crippen molar-refractivity contribution >= 4 is 5.78 Å². The van der Waals surface area contributed by atoms with Gasteiger partial charge in [0.2, 0.25) is 0 Å². The molecule has 0 N–H and O–H groups in total. The van der Waals surface area contributed by atoms with E-state index in [1.165, 1.54) is 6.92 Å². The van der Waals surface area contributed by atoms with E-state index in [1.807, 2.05) is 6.07 Å². The molecule has 0 saturated carbocycles. The highest BCUT2D eigenvalue weighted by molar-refractivity contribution is 5.96. The van der Waals surface area contributed by atoms with Crippen LogP contribution in [0.3, 0.4) is 0 Å². The third kappa shape index (κ3) is 2.12. The maximum atomic E-state index is 11.5. The lowest BCUT2D eigenvalue weighted by Gasteiger charge is -2.08. The number of aromatic nitrogens is 1. The number of carbonyl (C=O) groups excluding carboxylic acids is 1. The van der Waals surface area contributed by atoms with Crippen LogP contribution in [-0.4, -0.2) is 10.4 Å². The zero-order valence-electron chi connectivity index (χ0n) is 10.6. The van der Waals surface area contributed by atoms with Gasteiger partial charge >= 0.3 is 0 Å². The molecule has 0 fully saturated rings. The molecule has 0 amide bonds. The predicted octanol–water partition coefficient (Wildman–Crippen LogP) is 2.73. The molecule has 1 aromatic heterocycles. The Morgan fingerprint density at radius 1 is 1.16 bits per heavy atom. The lowest BCUT2D eigenvalue weighted by atomic mass is 10.2. The van der Waals surface area contributed by atoms with Crippen molar-refractivity contribution in [2.75, 3.05) is 0 Å². The first kappa shape index (κ1) is 12.6. The quantitative estimate of drug-likeness (QED) is 0.768. The summed E-state index contributed by atoms with van der Waals surface area (Å²) in [5.74, 6) is -0.0682. The fraction of sp³-hybridized carbons (Fsp3) is 0.133. The van der Waals surface area contributed by atoms with Gasteiger partial charge in [-0.2, -0.15) is 10.5 Å². The number of hydrogen-bond donors (Lipinski definition) is 0. The van der Waals surface area contributed by atoms with Crippen molar-refractivity contribution in [1.82, 2.24) is 4.57 Å². The number of carbonyl (C=O) groups is 1. The molecule has 92 valence electrons. The van der Waals surface area contributed by atoms with Crippen LogP contribution < -0.4 is 0 Å². The molecule has 4 nitrogen and oxygen atoms in total. The van der Waals surface area contributed by atoms with Gasteiger partial charge < -0.3 is 4.57 Å². The Bertz CT molecular complexity index is 724. The second-order valence-electron chi connectivity index (χ2n) is 4.19. The van der Waals surface area contributed by atoms with E-state index in [0.717, 1.165) is 11.4 Å². The maximum absolute atomic E-state index is 11.5. The summed E-state index contributed by atoms with van der Waals surface area (Å²) in [6.07, 6.45) is 0. The van der Waals surface area contributed by atoms with Crippen molar-refractivity contribution in [3.8, 4) is 17.8 Å². The molecule has 0 aliphatic carbocycles. The smallest absolute Gasteiger partial charge is 0.161 e. The van der Waals surface area contributed by atoms with Gasteiger partial charge in [-0.3, -0.25) is 4.79 Å². The predicted molar refractivity (Wildman–Crippen MR) is 69.9 cm³/mol. The Balaban J connectivity index is 2.64. The summed E-state index contributed by atoms with van der Waals surface area (Å²) in [7, 11) is 0. The SMILES string of the molecule is CC(=O)c1cc(C#N)n(-c2ccc(C#N)cc2)c1C. The van der Waals surface area contributed by atoms with E-state index in [2.05, 4.69) is 6.07 Å². The second kappa shape index (κ2) is 4.80. The van der Waals surface area contributed by atoms with Crippen LogP contribution in [0.4, 0.5) is 0 Å². The first-order chi connectivity index (χ1) is 9.08. The minimum Gasteiger partial charge on any atom is -0.305 e. The van der Waals surface area contributed by atoms with Crippen molar-refractivity contribution in [1.29, 1.82) is 10.5 Å². The topological polar surface area (TPSA) is 69.6 Å². The van der Waals surface area contributed by atoms with Crippen molar-refractivity contribution in [3.05, 3.63) is 52.8 Å². The third-order valence-electron chi connectivity index (χ3n) is 3.00. The highest BCUT2D eigenvalue weighted by atomic mass is 16.1. The van der Waals surface area contributed by atoms with Crippen LogP contribution in [0, 0.1) is 29.6 Å². The Kier molecular flexibility index (Phi) is 3.18. The molecule has 0 aliphatic rings. The number of benzene rings is 1. The summed E-state index contributed by atoms with van der Waals surface area (Å²) in [5.41, 5.74) is 3.00. The fourth-order valence-electron chi connectivity index (χ4n) is 2.06. The molecule has 1 heterocycles. The van der Waals surface area contributed by atoms with Crippen molar-refractivity contribution < 1.29 is 4.79 Å². The molecule has 4 heteroatoms. The molecule has 1 aromatic carbocycles. The zero-order valence-corrected chi connectivity index (χ0v) is 10.6. The minimum absolute atomic E-state index is 0.0682. The van der Waals surface area contributed by atoms with E-state index >= 15 is 0 Å². The van der Waals surface area contributed by atoms with E-state index in [4.69, 9.17) is 10.5 Å². The zero-order chi connectivity index (χ0) is 14.0. The number of rotatable bonds is 2. The highest BCUT2D eigenvalue weighted by Gasteiger charge is 2.15. The van der Waals surface area contributed by atoms with Gasteiger partial charge in [-0.25, -0.2) is 0 Å². The molecule has 0 bridgehead atoms. The average Bonchev–Trinajstić information content (AvgIpc) is 2.76. The number of nitriles is 2. The summed E-state index contributed by atoms with van der Waals surface area (Å²) in [4.78, 5) is 11.5. The monoisotopic (exact) mass is 249 g/mol. The molecule has 2 aromatic rings. The fourth-order valence-corrected chi connectivity index (χ4v) is 2.06. The van der Waals surface area contributed by atoms with Crippen LogP contribution in [0.5, 0.6) is 0 Å². The molecule has 0 atom stereocenters. The Morgan fingerprint density at radius 2 is 1.79 bits per heavy atom. The largest absolute Gasteiger partial charge is 0.305 e. The van der Waals surface area contributed by atoms with E-state index in [0.29, 0.717) is 16.8 Å². The van der Waals surface area contributed by atoms with Gasteiger partial charge in [0, 0.05) is 16.9 Å². The van der Waals surface area contributed by atoms with Gasteiger partial charge in [0.25, 0.3) is 0 Å². The lowest BCUT2D eigenvalue weighted by molar-refractivity contribution is 0.101. The van der Waals surface area contributed by atoms with Crippen molar-refractivity contribution in [2.24, 2.45) is 0 Å².